The van der Waals surface area contributed by atoms with Crippen LogP contribution in [0.15, 0.2) is 36.9 Å². The zero-order valence-corrected chi connectivity index (χ0v) is 14.4. The first-order valence-corrected chi connectivity index (χ1v) is 8.31. The molecule has 0 spiro atoms. The van der Waals surface area contributed by atoms with Crippen molar-refractivity contribution >= 4 is 29.4 Å². The van der Waals surface area contributed by atoms with Gasteiger partial charge in [-0.1, -0.05) is 23.9 Å². The number of benzene rings is 1. The van der Waals surface area contributed by atoms with Crippen molar-refractivity contribution in [1.82, 2.24) is 5.32 Å². The van der Waals surface area contributed by atoms with Crippen LogP contribution in [0.4, 0.5) is 23.7 Å². The standard InChI is InChI=1S/C16H17F3N2O3S/c1-4-15(2,3)20-14(23)24-13-12(22)21(9-25-13)11-7-5-6-10(8-11)16(17,18)19/h4-8,13H,1,9H2,2-3H3,(H,20,23). The Kier molecular flexibility index (Phi) is 5.36. The number of hydrogen-bond acceptors (Lipinski definition) is 4. The number of hydrogen-bond donors (Lipinski definition) is 1. The predicted molar refractivity (Wildman–Crippen MR) is 89.1 cm³/mol. The van der Waals surface area contributed by atoms with E-state index in [1.165, 1.54) is 18.2 Å². The van der Waals surface area contributed by atoms with Gasteiger partial charge in [0, 0.05) is 5.69 Å². The van der Waals surface area contributed by atoms with Gasteiger partial charge < -0.3 is 10.1 Å². The Balaban J connectivity index is 2.07. The van der Waals surface area contributed by atoms with Gasteiger partial charge in [0.2, 0.25) is 5.44 Å². The molecule has 1 aromatic rings. The van der Waals surface area contributed by atoms with E-state index in [2.05, 4.69) is 11.9 Å². The van der Waals surface area contributed by atoms with Gasteiger partial charge in [-0.25, -0.2) is 4.79 Å². The van der Waals surface area contributed by atoms with Crippen LogP contribution in [0.5, 0.6) is 0 Å². The molecule has 0 aromatic heterocycles. The second-order valence-electron chi connectivity index (χ2n) is 5.90. The van der Waals surface area contributed by atoms with Crippen molar-refractivity contribution in [2.24, 2.45) is 0 Å². The summed E-state index contributed by atoms with van der Waals surface area (Å²) >= 11 is 1.01. The van der Waals surface area contributed by atoms with Crippen molar-refractivity contribution in [3.05, 3.63) is 42.5 Å². The van der Waals surface area contributed by atoms with E-state index in [0.717, 1.165) is 28.8 Å². The highest BCUT2D eigenvalue weighted by Crippen LogP contribution is 2.35. The Bertz CT molecular complexity index is 691. The molecular weight excluding hydrogens is 357 g/mol. The Morgan fingerprint density at radius 2 is 2.12 bits per heavy atom. The first-order chi connectivity index (χ1) is 11.5. The lowest BCUT2D eigenvalue weighted by molar-refractivity contribution is -0.137. The molecule has 9 heteroatoms. The Labute approximate surface area is 147 Å². The molecule has 1 unspecified atom stereocenters. The number of ether oxygens (including phenoxy) is 1. The molecule has 0 saturated carbocycles. The smallest absolute Gasteiger partial charge is 0.416 e. The topological polar surface area (TPSA) is 58.6 Å². The fourth-order valence-electron chi connectivity index (χ4n) is 1.98. The van der Waals surface area contributed by atoms with Crippen LogP contribution >= 0.6 is 11.8 Å². The minimum atomic E-state index is -4.50. The largest absolute Gasteiger partial charge is 0.425 e. The summed E-state index contributed by atoms with van der Waals surface area (Å²) in [6, 6.07) is 4.44. The number of rotatable bonds is 4. The molecule has 5 nitrogen and oxygen atoms in total. The zero-order chi connectivity index (χ0) is 18.8. The average Bonchev–Trinajstić information content (AvgIpc) is 2.87. The number of amides is 2. The molecule has 0 aliphatic carbocycles. The number of carbonyl (C=O) groups excluding carboxylic acids is 2. The maximum atomic E-state index is 12.8. The molecule has 1 aliphatic heterocycles. The molecular formula is C16H17F3N2O3S. The van der Waals surface area contributed by atoms with Crippen LogP contribution in [-0.2, 0) is 15.7 Å². The van der Waals surface area contributed by atoms with Gasteiger partial charge in [0.15, 0.2) is 0 Å². The number of carbonyl (C=O) groups is 2. The van der Waals surface area contributed by atoms with Gasteiger partial charge in [-0.15, -0.1) is 6.58 Å². The van der Waals surface area contributed by atoms with Crippen molar-refractivity contribution in [2.75, 3.05) is 10.8 Å². The Morgan fingerprint density at radius 3 is 2.72 bits per heavy atom. The molecule has 25 heavy (non-hydrogen) atoms. The van der Waals surface area contributed by atoms with Crippen molar-refractivity contribution in [2.45, 2.75) is 31.0 Å². The third-order valence-corrected chi connectivity index (χ3v) is 4.46. The van der Waals surface area contributed by atoms with E-state index in [-0.39, 0.29) is 11.6 Å². The van der Waals surface area contributed by atoms with Crippen molar-refractivity contribution in [1.29, 1.82) is 0 Å². The van der Waals surface area contributed by atoms with Crippen LogP contribution in [0, 0.1) is 0 Å². The summed E-state index contributed by atoms with van der Waals surface area (Å²) in [5, 5.41) is 2.52. The minimum Gasteiger partial charge on any atom is -0.425 e. The molecule has 136 valence electrons. The molecule has 1 aliphatic rings. The molecule has 0 bridgehead atoms. The SMILES string of the molecule is C=CC(C)(C)NC(=O)OC1SCN(c2cccc(C(F)(F)F)c2)C1=O. The number of nitrogens with one attached hydrogen (secondary N) is 1. The fourth-order valence-corrected chi connectivity index (χ4v) is 2.97. The molecule has 1 N–H and O–H groups in total. The van der Waals surface area contributed by atoms with Crippen LogP contribution in [0.2, 0.25) is 0 Å². The van der Waals surface area contributed by atoms with Crippen LogP contribution in [0.3, 0.4) is 0 Å². The molecule has 1 saturated heterocycles. The maximum absolute atomic E-state index is 12.8. The van der Waals surface area contributed by atoms with Gasteiger partial charge in [-0.2, -0.15) is 13.2 Å². The molecule has 1 fully saturated rings. The molecule has 1 heterocycles. The number of anilines is 1. The number of alkyl halides is 3. The summed E-state index contributed by atoms with van der Waals surface area (Å²) in [7, 11) is 0. The van der Waals surface area contributed by atoms with Crippen LogP contribution in [0.25, 0.3) is 0 Å². The zero-order valence-electron chi connectivity index (χ0n) is 13.6. The monoisotopic (exact) mass is 374 g/mol. The van der Waals surface area contributed by atoms with Crippen molar-refractivity contribution in [3.63, 3.8) is 0 Å². The highest BCUT2D eigenvalue weighted by Gasteiger charge is 2.38. The van der Waals surface area contributed by atoms with Gasteiger partial charge in [0.1, 0.15) is 0 Å². The lowest BCUT2D eigenvalue weighted by Gasteiger charge is -2.22. The Hall–Kier alpha value is -2.16. The number of thioether (sulfide) groups is 1. The third-order valence-electron chi connectivity index (χ3n) is 3.46. The van der Waals surface area contributed by atoms with E-state index >= 15 is 0 Å². The van der Waals surface area contributed by atoms with Crippen molar-refractivity contribution < 1.29 is 27.5 Å². The average molecular weight is 374 g/mol. The van der Waals surface area contributed by atoms with Crippen LogP contribution in [0.1, 0.15) is 19.4 Å². The molecule has 2 amide bonds. The van der Waals surface area contributed by atoms with Crippen molar-refractivity contribution in [3.8, 4) is 0 Å². The number of nitrogens with zero attached hydrogens (tertiary/aromatic N) is 1. The summed E-state index contributed by atoms with van der Waals surface area (Å²) in [5.41, 5.74) is -2.58. The van der Waals surface area contributed by atoms with Gasteiger partial charge in [-0.05, 0) is 32.0 Å². The molecule has 1 aromatic carbocycles. The fraction of sp³-hybridized carbons (Fsp3) is 0.375. The van der Waals surface area contributed by atoms with E-state index < -0.39 is 34.7 Å². The van der Waals surface area contributed by atoms with Gasteiger partial charge in [0.25, 0.3) is 5.91 Å². The minimum absolute atomic E-state index is 0.0863. The maximum Gasteiger partial charge on any atom is 0.416 e. The Morgan fingerprint density at radius 1 is 1.44 bits per heavy atom. The van der Waals surface area contributed by atoms with Gasteiger partial charge in [0.05, 0.1) is 17.0 Å². The summed E-state index contributed by atoms with van der Waals surface area (Å²) in [6.45, 7) is 6.96. The second kappa shape index (κ2) is 6.99. The number of alkyl carbamates (subject to hydrolysis) is 1. The summed E-state index contributed by atoms with van der Waals surface area (Å²) in [4.78, 5) is 25.3. The van der Waals surface area contributed by atoms with E-state index in [1.807, 2.05) is 0 Å². The van der Waals surface area contributed by atoms with Crippen LogP contribution < -0.4 is 10.2 Å². The van der Waals surface area contributed by atoms with E-state index in [1.54, 1.807) is 13.8 Å². The van der Waals surface area contributed by atoms with Gasteiger partial charge >= 0.3 is 12.3 Å². The number of halogens is 3. The lowest BCUT2D eigenvalue weighted by Crippen LogP contribution is -2.44. The summed E-state index contributed by atoms with van der Waals surface area (Å²) in [6.07, 6.45) is -3.80. The lowest BCUT2D eigenvalue weighted by atomic mass is 10.1. The van der Waals surface area contributed by atoms with E-state index in [9.17, 15) is 22.8 Å². The first kappa shape index (κ1) is 19.2. The predicted octanol–water partition coefficient (Wildman–Crippen LogP) is 3.76. The summed E-state index contributed by atoms with van der Waals surface area (Å²) in [5.74, 6) is -0.501. The molecule has 0 radical (unpaired) electrons. The van der Waals surface area contributed by atoms with E-state index in [0.29, 0.717) is 0 Å². The third kappa shape index (κ3) is 4.68. The highest BCUT2D eigenvalue weighted by molar-refractivity contribution is 8.01. The quantitative estimate of drug-likeness (QED) is 0.816. The van der Waals surface area contributed by atoms with Gasteiger partial charge in [-0.3, -0.25) is 9.69 Å². The van der Waals surface area contributed by atoms with E-state index in [4.69, 9.17) is 4.74 Å². The molecule has 1 atom stereocenters. The normalized spacial score (nSPS) is 18.2. The highest BCUT2D eigenvalue weighted by atomic mass is 32.2. The first-order valence-electron chi connectivity index (χ1n) is 7.26. The summed E-state index contributed by atoms with van der Waals surface area (Å²) < 4.78 is 43.5. The second-order valence-corrected chi connectivity index (χ2v) is 6.92. The van der Waals surface area contributed by atoms with Crippen LogP contribution in [-0.4, -0.2) is 28.9 Å². The molecule has 2 rings (SSSR count).